The summed E-state index contributed by atoms with van der Waals surface area (Å²) in [4.78, 5) is 15.9. The number of nitrogens with zero attached hydrogens (tertiary/aromatic N) is 1. The molecule has 2 heterocycles. The number of likely N-dealkylation sites (tertiary alicyclic amines) is 1. The molecule has 0 bridgehead atoms. The molecule has 102 valence electrons. The summed E-state index contributed by atoms with van der Waals surface area (Å²) in [5.41, 5.74) is 0. The number of thiophene rings is 1. The Morgan fingerprint density at radius 1 is 1.47 bits per heavy atom. The average Bonchev–Trinajstić information content (AvgIpc) is 2.87. The van der Waals surface area contributed by atoms with Gasteiger partial charge in [0.2, 0.25) is 0 Å². The number of rotatable bonds is 1. The van der Waals surface area contributed by atoms with Crippen LogP contribution in [0.1, 0.15) is 34.8 Å². The van der Waals surface area contributed by atoms with Crippen molar-refractivity contribution in [3.05, 3.63) is 21.9 Å². The van der Waals surface area contributed by atoms with Crippen LogP contribution in [0.15, 0.2) is 12.1 Å². The van der Waals surface area contributed by atoms with E-state index in [-0.39, 0.29) is 12.5 Å². The molecule has 1 saturated heterocycles. The lowest BCUT2D eigenvalue weighted by Crippen LogP contribution is -2.41. The van der Waals surface area contributed by atoms with Gasteiger partial charge in [0.15, 0.2) is 0 Å². The number of piperidine rings is 1. The molecular formula is C15H19NO2S. The maximum Gasteiger partial charge on any atom is 0.263 e. The summed E-state index contributed by atoms with van der Waals surface area (Å²) in [5, 5.41) is 8.66. The van der Waals surface area contributed by atoms with Crippen LogP contribution < -0.4 is 0 Å². The fourth-order valence-corrected chi connectivity index (χ4v) is 3.10. The first-order valence-electron chi connectivity index (χ1n) is 6.60. The van der Waals surface area contributed by atoms with Crippen molar-refractivity contribution in [2.45, 2.75) is 20.3 Å². The molecule has 1 fully saturated rings. The Morgan fingerprint density at radius 3 is 2.95 bits per heavy atom. The fourth-order valence-electron chi connectivity index (χ4n) is 2.25. The minimum atomic E-state index is -0.150. The molecular weight excluding hydrogens is 258 g/mol. The minimum absolute atomic E-state index is 0.112. The van der Waals surface area contributed by atoms with Crippen LogP contribution in [0.3, 0.4) is 0 Å². The standard InChI is InChI=1S/C15H19NO2S/c1-11-7-8-16(10-12(11)2)15(18)14-6-5-13(19-14)4-3-9-17/h5-6,11-12,17H,7-10H2,1-2H3. The van der Waals surface area contributed by atoms with E-state index in [1.165, 1.54) is 11.3 Å². The van der Waals surface area contributed by atoms with Crippen molar-refractivity contribution in [3.63, 3.8) is 0 Å². The summed E-state index contributed by atoms with van der Waals surface area (Å²) in [7, 11) is 0. The van der Waals surface area contributed by atoms with Crippen LogP contribution in [0.2, 0.25) is 0 Å². The van der Waals surface area contributed by atoms with Crippen LogP contribution >= 0.6 is 11.3 Å². The Morgan fingerprint density at radius 2 is 2.26 bits per heavy atom. The number of aliphatic hydroxyl groups excluding tert-OH is 1. The van der Waals surface area contributed by atoms with Gasteiger partial charge >= 0.3 is 0 Å². The van der Waals surface area contributed by atoms with Gasteiger partial charge in [0.05, 0.1) is 9.75 Å². The van der Waals surface area contributed by atoms with E-state index in [1.807, 2.05) is 17.0 Å². The van der Waals surface area contributed by atoms with Crippen molar-refractivity contribution in [3.8, 4) is 11.8 Å². The van der Waals surface area contributed by atoms with Crippen molar-refractivity contribution < 1.29 is 9.90 Å². The maximum absolute atomic E-state index is 12.4. The van der Waals surface area contributed by atoms with Gasteiger partial charge in [-0.2, -0.15) is 0 Å². The van der Waals surface area contributed by atoms with E-state index in [9.17, 15) is 4.79 Å². The summed E-state index contributed by atoms with van der Waals surface area (Å²) < 4.78 is 0. The zero-order chi connectivity index (χ0) is 13.8. The summed E-state index contributed by atoms with van der Waals surface area (Å²) in [5.74, 6) is 6.80. The van der Waals surface area contributed by atoms with Gasteiger partial charge < -0.3 is 10.0 Å². The molecule has 4 heteroatoms. The molecule has 1 amide bonds. The van der Waals surface area contributed by atoms with E-state index in [4.69, 9.17) is 5.11 Å². The third kappa shape index (κ3) is 3.37. The van der Waals surface area contributed by atoms with Crippen molar-refractivity contribution >= 4 is 17.2 Å². The molecule has 19 heavy (non-hydrogen) atoms. The van der Waals surface area contributed by atoms with Crippen LogP contribution in [-0.2, 0) is 0 Å². The van der Waals surface area contributed by atoms with Gasteiger partial charge in [-0.25, -0.2) is 0 Å². The molecule has 2 unspecified atom stereocenters. The molecule has 2 atom stereocenters. The lowest BCUT2D eigenvalue weighted by Gasteiger charge is -2.35. The summed E-state index contributed by atoms with van der Waals surface area (Å²) in [6.07, 6.45) is 1.08. The van der Waals surface area contributed by atoms with Gasteiger partial charge in [0, 0.05) is 13.1 Å². The second-order valence-corrected chi connectivity index (χ2v) is 6.20. The van der Waals surface area contributed by atoms with Crippen LogP contribution in [-0.4, -0.2) is 35.6 Å². The molecule has 0 aromatic carbocycles. The Hall–Kier alpha value is -1.31. The van der Waals surface area contributed by atoms with Crippen LogP contribution in [0, 0.1) is 23.7 Å². The summed E-state index contributed by atoms with van der Waals surface area (Å²) >= 11 is 1.40. The molecule has 1 aliphatic rings. The summed E-state index contributed by atoms with van der Waals surface area (Å²) in [6, 6.07) is 3.67. The highest BCUT2D eigenvalue weighted by molar-refractivity contribution is 7.14. The second-order valence-electron chi connectivity index (χ2n) is 5.12. The predicted octanol–water partition coefficient (Wildman–Crippen LogP) is 2.21. The van der Waals surface area contributed by atoms with Crippen LogP contribution in [0.4, 0.5) is 0 Å². The molecule has 0 spiro atoms. The highest BCUT2D eigenvalue weighted by Gasteiger charge is 2.27. The molecule has 1 aliphatic heterocycles. The Kier molecular flexibility index (Phi) is 4.62. The number of hydrogen-bond donors (Lipinski definition) is 1. The average molecular weight is 277 g/mol. The van der Waals surface area contributed by atoms with E-state index >= 15 is 0 Å². The molecule has 0 aliphatic carbocycles. The Bertz CT molecular complexity index is 512. The van der Waals surface area contributed by atoms with E-state index in [1.54, 1.807) is 0 Å². The SMILES string of the molecule is CC1CCN(C(=O)c2ccc(C#CCO)s2)CC1C. The third-order valence-electron chi connectivity index (χ3n) is 3.73. The van der Waals surface area contributed by atoms with E-state index in [0.717, 1.165) is 29.3 Å². The molecule has 1 aromatic rings. The number of amides is 1. The van der Waals surface area contributed by atoms with Crippen molar-refractivity contribution in [2.24, 2.45) is 11.8 Å². The smallest absolute Gasteiger partial charge is 0.263 e. The normalized spacial score (nSPS) is 22.8. The predicted molar refractivity (Wildman–Crippen MR) is 77.1 cm³/mol. The first-order chi connectivity index (χ1) is 9.11. The largest absolute Gasteiger partial charge is 0.384 e. The van der Waals surface area contributed by atoms with Gasteiger partial charge in [-0.15, -0.1) is 11.3 Å². The topological polar surface area (TPSA) is 40.5 Å². The molecule has 0 saturated carbocycles. The third-order valence-corrected chi connectivity index (χ3v) is 4.72. The molecule has 1 N–H and O–H groups in total. The first-order valence-corrected chi connectivity index (χ1v) is 7.42. The highest BCUT2D eigenvalue weighted by Crippen LogP contribution is 2.25. The Balaban J connectivity index is 2.05. The second kappa shape index (κ2) is 6.23. The van der Waals surface area contributed by atoms with Crippen molar-refractivity contribution in [1.29, 1.82) is 0 Å². The van der Waals surface area contributed by atoms with Crippen LogP contribution in [0.5, 0.6) is 0 Å². The zero-order valence-electron chi connectivity index (χ0n) is 11.3. The van der Waals surface area contributed by atoms with Crippen molar-refractivity contribution in [2.75, 3.05) is 19.7 Å². The fraction of sp³-hybridized carbons (Fsp3) is 0.533. The maximum atomic E-state index is 12.4. The van der Waals surface area contributed by atoms with E-state index in [2.05, 4.69) is 25.7 Å². The molecule has 1 aromatic heterocycles. The monoisotopic (exact) mass is 277 g/mol. The molecule has 2 rings (SSSR count). The van der Waals surface area contributed by atoms with E-state index < -0.39 is 0 Å². The summed E-state index contributed by atoms with van der Waals surface area (Å²) in [6.45, 7) is 6.00. The zero-order valence-corrected chi connectivity index (χ0v) is 12.2. The number of carbonyl (C=O) groups excluding carboxylic acids is 1. The van der Waals surface area contributed by atoms with Gasteiger partial charge in [-0.1, -0.05) is 25.7 Å². The van der Waals surface area contributed by atoms with Gasteiger partial charge in [-0.05, 0) is 30.4 Å². The molecule has 0 radical (unpaired) electrons. The minimum Gasteiger partial charge on any atom is -0.384 e. The highest BCUT2D eigenvalue weighted by atomic mass is 32.1. The van der Waals surface area contributed by atoms with Crippen molar-refractivity contribution in [1.82, 2.24) is 4.90 Å². The number of hydrogen-bond acceptors (Lipinski definition) is 3. The van der Waals surface area contributed by atoms with E-state index in [0.29, 0.717) is 11.8 Å². The van der Waals surface area contributed by atoms with Gasteiger partial charge in [-0.3, -0.25) is 4.79 Å². The Labute approximate surface area is 118 Å². The van der Waals surface area contributed by atoms with Crippen LogP contribution in [0.25, 0.3) is 0 Å². The lowest BCUT2D eigenvalue weighted by molar-refractivity contribution is 0.0632. The van der Waals surface area contributed by atoms with Gasteiger partial charge in [0.1, 0.15) is 6.61 Å². The molecule has 3 nitrogen and oxygen atoms in total. The van der Waals surface area contributed by atoms with Gasteiger partial charge in [0.25, 0.3) is 5.91 Å². The first kappa shape index (κ1) is 14.1. The lowest BCUT2D eigenvalue weighted by atomic mass is 9.88. The number of carbonyl (C=O) groups is 1. The number of aliphatic hydroxyl groups is 1. The quantitative estimate of drug-likeness (QED) is 0.800.